The van der Waals surface area contributed by atoms with Gasteiger partial charge in [0.15, 0.2) is 11.3 Å². The molecule has 0 spiro atoms. The van der Waals surface area contributed by atoms with Crippen LogP contribution in [0.4, 0.5) is 0 Å². The molecule has 22 nitrogen and oxygen atoms in total. The molecule has 5 aromatic carbocycles. The van der Waals surface area contributed by atoms with Gasteiger partial charge in [-0.1, -0.05) is 109 Å². The van der Waals surface area contributed by atoms with Crippen molar-refractivity contribution in [1.29, 1.82) is 0 Å². The van der Waals surface area contributed by atoms with Gasteiger partial charge in [-0.25, -0.2) is 39.4 Å². The maximum Gasteiger partial charge on any atom is 0.233 e. The number of nitrogens with zero attached hydrogens (tertiary/aromatic N) is 22. The number of imidazole rings is 1. The summed E-state index contributed by atoms with van der Waals surface area (Å²) in [5.74, 6) is 0.748. The van der Waals surface area contributed by atoms with Crippen LogP contribution in [0.5, 0.6) is 0 Å². The Morgan fingerprint density at radius 1 is 0.194 bits per heavy atom. The normalized spacial score (nSPS) is 10.0. The van der Waals surface area contributed by atoms with Gasteiger partial charge in [0.05, 0.1) is 57.9 Å². The van der Waals surface area contributed by atoms with Gasteiger partial charge in [-0.2, -0.15) is 15.3 Å². The molecule has 0 amide bonds. The third-order valence-corrected chi connectivity index (χ3v) is 15.3. The van der Waals surface area contributed by atoms with Gasteiger partial charge in [0.2, 0.25) is 5.78 Å². The van der Waals surface area contributed by atoms with Crippen LogP contribution in [-0.4, -0.2) is 109 Å². The van der Waals surface area contributed by atoms with Gasteiger partial charge in [-0.15, -0.1) is 0 Å². The predicted molar refractivity (Wildman–Crippen MR) is 426 cm³/mol. The molecule has 0 aliphatic rings. The van der Waals surface area contributed by atoms with E-state index in [2.05, 4.69) is 124 Å². The zero-order chi connectivity index (χ0) is 73.5. The van der Waals surface area contributed by atoms with E-state index in [0.29, 0.717) is 0 Å². The summed E-state index contributed by atoms with van der Waals surface area (Å²) >= 11 is 0. The van der Waals surface area contributed by atoms with Crippen LogP contribution in [-0.2, 0) is 0 Å². The van der Waals surface area contributed by atoms with Gasteiger partial charge in [0.1, 0.15) is 6.33 Å². The van der Waals surface area contributed by atoms with E-state index in [1.54, 1.807) is 116 Å². The lowest BCUT2D eigenvalue weighted by molar-refractivity contribution is 0.939. The number of rotatable bonds is 0. The Labute approximate surface area is 619 Å². The molecule has 0 bridgehead atoms. The standard InChI is InChI=1S/2C9H7N.7C8H6N2.2C6H5N3/c1-2-6-9-8(4-1)5-3-7-10-9;1-2-4-9-7-10-6-5-8(9)3-1;1-3-9-6-8-2-4-10-5-7(1)8;1-3-7-4-2-6-10-8(7)9-5-1;1-2-7-6-9-5-3-8(7)10-4-1;1-2-7-3-5-9-6-8(7)10-4-1;1-2-4-8-7(3-1)5-9-6-10-8;1-2-4-8-6-10-9-5-7(8)3-1;1-2-4-8-7(3-1)9-5-6-10-8;1-3-7-6-2-4-8-9(6)5-1;1-2-7-6-8-3-5-9(6)4-1/h2*1-7H;7*1-6H;2*1-5H. The number of hydrogen-bond acceptors (Lipinski definition) is 20. The first-order valence-electron chi connectivity index (χ1n) is 33.7. The average molecular weight is 1410 g/mol. The Kier molecular flexibility index (Phi) is 26.9. The first-order chi connectivity index (χ1) is 53.6. The molecule has 0 atom stereocenters. The predicted octanol–water partition coefficient (Wildman–Crippen LogP) is 17.3. The van der Waals surface area contributed by atoms with Crippen LogP contribution in [0.1, 0.15) is 0 Å². The highest BCUT2D eigenvalue weighted by Gasteiger charge is 1.96. The molecule has 108 heavy (non-hydrogen) atoms. The van der Waals surface area contributed by atoms with Gasteiger partial charge < -0.3 is 0 Å². The highest BCUT2D eigenvalue weighted by atomic mass is 15.2. The zero-order valence-corrected chi connectivity index (χ0v) is 57.9. The van der Waals surface area contributed by atoms with E-state index in [0.717, 1.165) is 93.3 Å². The van der Waals surface area contributed by atoms with Crippen molar-refractivity contribution in [3.05, 3.63) is 404 Å². The van der Waals surface area contributed by atoms with E-state index in [9.17, 15) is 0 Å². The Hall–Kier alpha value is -15.6. The number of aromatic nitrogens is 22. The molecule has 520 valence electrons. The molecule has 22 aromatic rings. The molecule has 17 aromatic heterocycles. The number of benzene rings is 5. The average Bonchev–Trinajstić information content (AvgIpc) is 1.80. The molecule has 22 heteroatoms. The molecule has 17 heterocycles. The van der Waals surface area contributed by atoms with Gasteiger partial charge in [-0.05, 0) is 126 Å². The number of para-hydroxylation sites is 4. The Bertz CT molecular complexity index is 4660. The highest BCUT2D eigenvalue weighted by Crippen LogP contribution is 2.14. The van der Waals surface area contributed by atoms with E-state index in [4.69, 9.17) is 0 Å². The topological polar surface area (TPSA) is 267 Å². The minimum Gasteiger partial charge on any atom is -0.291 e. The van der Waals surface area contributed by atoms with E-state index in [-0.39, 0.29) is 0 Å². The first-order valence-corrected chi connectivity index (χ1v) is 33.7. The minimum absolute atomic E-state index is 0.748. The van der Waals surface area contributed by atoms with Crippen LogP contribution in [0.15, 0.2) is 404 Å². The van der Waals surface area contributed by atoms with Crippen molar-refractivity contribution in [3.63, 3.8) is 0 Å². The molecule has 0 unspecified atom stereocenters. The summed E-state index contributed by atoms with van der Waals surface area (Å²) in [5, 5.41) is 24.1. The minimum atomic E-state index is 0.748. The second-order valence-corrected chi connectivity index (χ2v) is 22.5. The lowest BCUT2D eigenvalue weighted by Crippen LogP contribution is -1.85. The fourth-order valence-electron chi connectivity index (χ4n) is 10.00. The summed E-state index contributed by atoms with van der Waals surface area (Å²) in [4.78, 5) is 68.7. The van der Waals surface area contributed by atoms with Gasteiger partial charge in [-0.3, -0.25) is 54.2 Å². The summed E-state index contributed by atoms with van der Waals surface area (Å²) in [6.45, 7) is 0. The molecule has 0 aliphatic carbocycles. The lowest BCUT2D eigenvalue weighted by atomic mass is 10.2. The smallest absolute Gasteiger partial charge is 0.233 e. The molecule has 0 fully saturated rings. The Morgan fingerprint density at radius 3 is 1.15 bits per heavy atom. The quantitative estimate of drug-likeness (QED) is 0.136. The van der Waals surface area contributed by atoms with Crippen molar-refractivity contribution >= 4 is 109 Å². The van der Waals surface area contributed by atoms with Crippen LogP contribution in [0.2, 0.25) is 0 Å². The van der Waals surface area contributed by atoms with E-state index < -0.39 is 0 Å². The number of fused-ring (bicyclic) bond motifs is 11. The third-order valence-electron chi connectivity index (χ3n) is 15.3. The number of pyridine rings is 10. The van der Waals surface area contributed by atoms with Crippen LogP contribution in [0.25, 0.3) is 109 Å². The second kappa shape index (κ2) is 40.2. The molecule has 0 saturated heterocycles. The van der Waals surface area contributed by atoms with Crippen molar-refractivity contribution in [2.75, 3.05) is 0 Å². The van der Waals surface area contributed by atoms with Crippen LogP contribution >= 0.6 is 0 Å². The molecule has 0 aliphatic heterocycles. The van der Waals surface area contributed by atoms with Crippen LogP contribution < -0.4 is 0 Å². The van der Waals surface area contributed by atoms with Crippen LogP contribution in [0.3, 0.4) is 0 Å². The maximum absolute atomic E-state index is 4.18. The lowest BCUT2D eigenvalue weighted by Gasteiger charge is -1.91. The van der Waals surface area contributed by atoms with Gasteiger partial charge in [0, 0.05) is 197 Å². The highest BCUT2D eigenvalue weighted by molar-refractivity contribution is 5.83. The molecular formula is C86H66N22. The molecule has 0 N–H and O–H groups in total. The maximum atomic E-state index is 4.18. The van der Waals surface area contributed by atoms with E-state index in [1.165, 1.54) is 16.2 Å². The second-order valence-electron chi connectivity index (χ2n) is 22.5. The summed E-state index contributed by atoms with van der Waals surface area (Å²) in [5.41, 5.74) is 7.60. The summed E-state index contributed by atoms with van der Waals surface area (Å²) in [7, 11) is 0. The molecule has 0 radical (unpaired) electrons. The van der Waals surface area contributed by atoms with Crippen molar-refractivity contribution in [3.8, 4) is 0 Å². The molecule has 22 rings (SSSR count). The molecular weight excluding hydrogens is 1340 g/mol. The molecule has 0 saturated carbocycles. The van der Waals surface area contributed by atoms with E-state index in [1.807, 2.05) is 273 Å². The summed E-state index contributed by atoms with van der Waals surface area (Å²) < 4.78 is 3.58. The fourth-order valence-corrected chi connectivity index (χ4v) is 10.00. The Balaban J connectivity index is 0.000000111. The zero-order valence-electron chi connectivity index (χ0n) is 57.9. The van der Waals surface area contributed by atoms with Crippen LogP contribution in [0, 0.1) is 0 Å². The SMILES string of the molecule is c1cc2cnccc2cn1.c1ccc2cnccc2c1.c1ccc2cnncc2c1.c1ccc2ncccc2c1.c1ccc2nccnc2c1.c1ccc2ncncc2c1.c1cnc2ccncc2c1.c1cnc2ccnn2c1.c1cnc2cnccc2c1.c1cnc2ncccc2c1.c1cnc2nccn2c1. The van der Waals surface area contributed by atoms with E-state index >= 15 is 0 Å². The first kappa shape index (κ1) is 72.2. The fraction of sp³-hybridized carbons (Fsp3) is 0. The largest absolute Gasteiger partial charge is 0.291 e. The monoisotopic (exact) mass is 1410 g/mol. The van der Waals surface area contributed by atoms with Crippen molar-refractivity contribution in [2.45, 2.75) is 0 Å². The van der Waals surface area contributed by atoms with Gasteiger partial charge in [0.25, 0.3) is 0 Å². The summed E-state index contributed by atoms with van der Waals surface area (Å²) in [6, 6.07) is 75.0. The van der Waals surface area contributed by atoms with Crippen molar-refractivity contribution in [2.24, 2.45) is 0 Å². The third kappa shape index (κ3) is 22.2. The Morgan fingerprint density at radius 2 is 0.583 bits per heavy atom. The van der Waals surface area contributed by atoms with Crippen molar-refractivity contribution < 1.29 is 0 Å². The number of hydrogen-bond donors (Lipinski definition) is 0. The summed E-state index contributed by atoms with van der Waals surface area (Å²) in [6.07, 6.45) is 49.6. The van der Waals surface area contributed by atoms with Gasteiger partial charge >= 0.3 is 0 Å². The van der Waals surface area contributed by atoms with Crippen molar-refractivity contribution in [1.82, 2.24) is 109 Å².